The molecule has 4 aromatic rings. The summed E-state index contributed by atoms with van der Waals surface area (Å²) in [6.45, 7) is 2.34. The van der Waals surface area contributed by atoms with Crippen molar-refractivity contribution in [3.8, 4) is 5.75 Å². The molecule has 0 radical (unpaired) electrons. The first-order valence-corrected chi connectivity index (χ1v) is 13.5. The van der Waals surface area contributed by atoms with E-state index in [-0.39, 0.29) is 0 Å². The third kappa shape index (κ3) is 6.63. The van der Waals surface area contributed by atoms with Crippen LogP contribution < -0.4 is 15.4 Å². The summed E-state index contributed by atoms with van der Waals surface area (Å²) >= 11 is 1.29. The Morgan fingerprint density at radius 3 is 2.42 bits per heavy atom. The Morgan fingerprint density at radius 1 is 1.12 bits per heavy atom. The lowest BCUT2D eigenvalue weighted by atomic mass is 10.1. The van der Waals surface area contributed by atoms with Crippen molar-refractivity contribution in [2.45, 2.75) is 35.5 Å². The van der Waals surface area contributed by atoms with Gasteiger partial charge in [-0.15, -0.1) is 11.3 Å². The molecule has 0 bridgehead atoms. The number of halogens is 3. The summed E-state index contributed by atoms with van der Waals surface area (Å²) in [6.07, 6.45) is -5.08. The Kier molecular flexibility index (Phi) is 8.49. The average molecular weight is 592 g/mol. The number of fused-ring (bicyclic) bond motifs is 1. The molecule has 1 saturated heterocycles. The molecule has 2 unspecified atom stereocenters. The number of para-hydroxylation sites is 1. The maximum atomic E-state index is 13.2. The monoisotopic (exact) mass is 591 g/mol. The van der Waals surface area contributed by atoms with Gasteiger partial charge in [-0.1, -0.05) is 18.2 Å². The van der Waals surface area contributed by atoms with Crippen molar-refractivity contribution >= 4 is 50.9 Å². The number of thiophene rings is 1. The van der Waals surface area contributed by atoms with Gasteiger partial charge in [-0.2, -0.15) is 13.2 Å². The number of aromatic nitrogens is 1. The molecule has 0 saturated carbocycles. The van der Waals surface area contributed by atoms with Crippen LogP contribution >= 0.6 is 11.3 Å². The van der Waals surface area contributed by atoms with Crippen molar-refractivity contribution in [3.63, 3.8) is 0 Å². The standard InChI is InChI=1S/C24H19N3O4S2.C2HF3O2/c1-14-12-15(18-4-2-3-5-19(18)25-14)13-31-16-6-8-17(9-7-16)33(30)20-10-11-32-22(20)21-23(28)27-24(29)26-21;3-2(4,5)1(6)7/h2-12,21H,13H2,1H3,(H2,26,27,28,29);(H,6,7). The van der Waals surface area contributed by atoms with E-state index in [0.717, 1.165) is 22.2 Å². The Hall–Kier alpha value is -4.30. The minimum Gasteiger partial charge on any atom is -0.489 e. The van der Waals surface area contributed by atoms with Gasteiger partial charge < -0.3 is 15.2 Å². The van der Waals surface area contributed by atoms with Gasteiger partial charge in [0, 0.05) is 21.5 Å². The van der Waals surface area contributed by atoms with E-state index < -0.39 is 40.9 Å². The molecule has 40 heavy (non-hydrogen) atoms. The van der Waals surface area contributed by atoms with Crippen LogP contribution in [0, 0.1) is 6.92 Å². The van der Waals surface area contributed by atoms with E-state index in [1.165, 1.54) is 11.3 Å². The van der Waals surface area contributed by atoms with Crippen LogP contribution in [-0.4, -0.2) is 38.4 Å². The fourth-order valence-electron chi connectivity index (χ4n) is 3.74. The van der Waals surface area contributed by atoms with Gasteiger partial charge in [0.25, 0.3) is 5.91 Å². The van der Waals surface area contributed by atoms with Gasteiger partial charge in [0.2, 0.25) is 0 Å². The number of nitrogens with zero attached hydrogens (tertiary/aromatic N) is 1. The van der Waals surface area contributed by atoms with Crippen LogP contribution in [-0.2, 0) is 27.0 Å². The molecule has 0 spiro atoms. The number of aryl methyl sites for hydroxylation is 1. The summed E-state index contributed by atoms with van der Waals surface area (Å²) in [5.74, 6) is -2.54. The fourth-order valence-corrected chi connectivity index (χ4v) is 6.16. The number of hydrogen-bond acceptors (Lipinski definition) is 7. The molecule has 1 fully saturated rings. The minimum absolute atomic E-state index is 0.386. The summed E-state index contributed by atoms with van der Waals surface area (Å²) in [7, 11) is -1.50. The number of rotatable bonds is 6. The lowest BCUT2D eigenvalue weighted by Crippen LogP contribution is -2.22. The van der Waals surface area contributed by atoms with Crippen molar-refractivity contribution in [1.29, 1.82) is 0 Å². The predicted molar refractivity (Wildman–Crippen MR) is 139 cm³/mol. The molecule has 3 N–H and O–H groups in total. The second-order valence-electron chi connectivity index (χ2n) is 8.32. The van der Waals surface area contributed by atoms with Crippen LogP contribution in [0.15, 0.2) is 75.8 Å². The molecule has 5 rings (SSSR count). The van der Waals surface area contributed by atoms with Gasteiger partial charge in [0.15, 0.2) is 0 Å². The van der Waals surface area contributed by atoms with Gasteiger partial charge in [0.1, 0.15) is 18.4 Å². The molecule has 3 amide bonds. The molecule has 1 aliphatic rings. The zero-order chi connectivity index (χ0) is 29.0. The molecule has 2 aromatic carbocycles. The third-order valence-corrected chi connectivity index (χ3v) is 8.06. The number of ether oxygens (including phenoxy) is 1. The highest BCUT2D eigenvalue weighted by Crippen LogP contribution is 2.32. The highest BCUT2D eigenvalue weighted by molar-refractivity contribution is 7.85. The average Bonchev–Trinajstić information content (AvgIpc) is 3.52. The van der Waals surface area contributed by atoms with E-state index in [1.54, 1.807) is 35.7 Å². The van der Waals surface area contributed by atoms with Crippen molar-refractivity contribution in [2.75, 3.05) is 0 Å². The van der Waals surface area contributed by atoms with Crippen LogP contribution in [0.1, 0.15) is 22.2 Å². The third-order valence-electron chi connectivity index (χ3n) is 5.50. The predicted octanol–water partition coefficient (Wildman–Crippen LogP) is 4.86. The lowest BCUT2D eigenvalue weighted by Gasteiger charge is -2.11. The zero-order valence-electron chi connectivity index (χ0n) is 20.5. The molecule has 2 aromatic heterocycles. The molecular formula is C26H20F3N3O6S2. The highest BCUT2D eigenvalue weighted by atomic mass is 32.2. The number of hydrogen-bond donors (Lipinski definition) is 3. The number of amides is 3. The number of carboxylic acids is 1. The molecule has 9 nitrogen and oxygen atoms in total. The quantitative estimate of drug-likeness (QED) is 0.273. The normalized spacial score (nSPS) is 15.6. The number of benzene rings is 2. The van der Waals surface area contributed by atoms with Gasteiger partial charge in [0.05, 0.1) is 26.1 Å². The Balaban J connectivity index is 0.000000470. The number of imide groups is 1. The molecule has 2 atom stereocenters. The number of urea groups is 1. The molecular weight excluding hydrogens is 571 g/mol. The van der Waals surface area contributed by atoms with Crippen LogP contribution in [0.3, 0.4) is 0 Å². The smallest absolute Gasteiger partial charge is 0.489 e. The summed E-state index contributed by atoms with van der Waals surface area (Å²) in [5, 5.41) is 14.7. The largest absolute Gasteiger partial charge is 0.490 e. The Morgan fingerprint density at radius 2 is 1.80 bits per heavy atom. The second-order valence-corrected chi connectivity index (χ2v) is 10.7. The van der Waals surface area contributed by atoms with E-state index >= 15 is 0 Å². The van der Waals surface area contributed by atoms with Gasteiger partial charge >= 0.3 is 18.2 Å². The number of carboxylic acid groups (broad SMARTS) is 1. The van der Waals surface area contributed by atoms with Crippen molar-refractivity contribution in [1.82, 2.24) is 15.6 Å². The Bertz CT molecular complexity index is 1610. The summed E-state index contributed by atoms with van der Waals surface area (Å²) in [5.41, 5.74) is 2.91. The van der Waals surface area contributed by atoms with Gasteiger partial charge in [-0.05, 0) is 54.8 Å². The second kappa shape index (κ2) is 11.8. The van der Waals surface area contributed by atoms with Crippen molar-refractivity contribution in [2.24, 2.45) is 0 Å². The number of carbonyl (C=O) groups excluding carboxylic acids is 2. The maximum Gasteiger partial charge on any atom is 0.490 e. The SMILES string of the molecule is Cc1cc(COc2ccc(S(=O)c3ccsc3C3NC(=O)NC3=O)cc2)c2ccccc2n1.O=C(O)C(F)(F)F. The first-order chi connectivity index (χ1) is 18.9. The van der Waals surface area contributed by atoms with E-state index in [1.807, 2.05) is 37.3 Å². The maximum absolute atomic E-state index is 13.2. The summed E-state index contributed by atoms with van der Waals surface area (Å²) in [4.78, 5) is 38.6. The van der Waals surface area contributed by atoms with Crippen LogP contribution in [0.2, 0.25) is 0 Å². The van der Waals surface area contributed by atoms with E-state index in [2.05, 4.69) is 15.6 Å². The number of nitrogens with one attached hydrogen (secondary N) is 2. The first-order valence-electron chi connectivity index (χ1n) is 11.4. The molecule has 1 aliphatic heterocycles. The zero-order valence-corrected chi connectivity index (χ0v) is 22.2. The lowest BCUT2D eigenvalue weighted by molar-refractivity contribution is -0.192. The van der Waals surface area contributed by atoms with E-state index in [4.69, 9.17) is 14.6 Å². The van der Waals surface area contributed by atoms with Crippen LogP contribution in [0.25, 0.3) is 10.9 Å². The summed E-state index contributed by atoms with van der Waals surface area (Å²) in [6, 6.07) is 17.4. The van der Waals surface area contributed by atoms with E-state index in [0.29, 0.717) is 27.0 Å². The number of aliphatic carboxylic acids is 1. The molecule has 14 heteroatoms. The number of carbonyl (C=O) groups is 3. The highest BCUT2D eigenvalue weighted by Gasteiger charge is 2.38. The minimum atomic E-state index is -5.08. The fraction of sp³-hybridized carbons (Fsp3) is 0.154. The van der Waals surface area contributed by atoms with Crippen molar-refractivity contribution in [3.05, 3.63) is 82.2 Å². The number of alkyl halides is 3. The summed E-state index contributed by atoms with van der Waals surface area (Å²) < 4.78 is 50.9. The molecule has 3 heterocycles. The number of pyridine rings is 1. The van der Waals surface area contributed by atoms with Crippen LogP contribution in [0.5, 0.6) is 5.75 Å². The molecule has 208 valence electrons. The van der Waals surface area contributed by atoms with Crippen LogP contribution in [0.4, 0.5) is 18.0 Å². The first kappa shape index (κ1) is 28.7. The molecule has 0 aliphatic carbocycles. The van der Waals surface area contributed by atoms with Crippen molar-refractivity contribution < 1.29 is 41.6 Å². The Labute approximate surface area is 231 Å². The van der Waals surface area contributed by atoms with E-state index in [9.17, 15) is 27.0 Å². The topological polar surface area (TPSA) is 135 Å². The van der Waals surface area contributed by atoms with Gasteiger partial charge in [-0.25, -0.2) is 13.8 Å². The van der Waals surface area contributed by atoms with Gasteiger partial charge in [-0.3, -0.25) is 15.1 Å².